The lowest BCUT2D eigenvalue weighted by molar-refractivity contribution is -0.119. The van der Waals surface area contributed by atoms with Gasteiger partial charge in [0.05, 0.1) is 5.56 Å². The monoisotopic (exact) mass is 369 g/mol. The van der Waals surface area contributed by atoms with Gasteiger partial charge < -0.3 is 10.1 Å². The smallest absolute Gasteiger partial charge is 0.446 e. The van der Waals surface area contributed by atoms with Gasteiger partial charge in [0.25, 0.3) is 5.91 Å². The molecular weight excluding hydrogens is 355 g/mol. The maximum atomic E-state index is 12.2. The van der Waals surface area contributed by atoms with Gasteiger partial charge in [-0.3, -0.25) is 4.79 Å². The van der Waals surface area contributed by atoms with Gasteiger partial charge >= 0.3 is 11.5 Å². The molecule has 0 unspecified atom stereocenters. The largest absolute Gasteiger partial charge is 0.452 e. The predicted molar refractivity (Wildman–Crippen MR) is 88.4 cm³/mol. The van der Waals surface area contributed by atoms with E-state index in [0.717, 1.165) is 5.56 Å². The fourth-order valence-corrected chi connectivity index (χ4v) is 2.47. The van der Waals surface area contributed by atoms with Gasteiger partial charge in [-0.2, -0.15) is 13.2 Å². The third kappa shape index (κ3) is 6.50. The quantitative estimate of drug-likeness (QED) is 0.627. The van der Waals surface area contributed by atoms with E-state index in [1.165, 1.54) is 24.3 Å². The number of benzene rings is 2. The number of anilines is 1. The molecule has 2 aromatic carbocycles. The molecule has 4 nitrogen and oxygen atoms in total. The second kappa shape index (κ2) is 8.06. The summed E-state index contributed by atoms with van der Waals surface area (Å²) in [5.74, 6) is -1.30. The average molecular weight is 369 g/mol. The Morgan fingerprint density at radius 2 is 1.80 bits per heavy atom. The topological polar surface area (TPSA) is 55.4 Å². The number of rotatable bonds is 5. The summed E-state index contributed by atoms with van der Waals surface area (Å²) in [6.07, 6.45) is 0. The summed E-state index contributed by atoms with van der Waals surface area (Å²) in [6, 6.07) is 11.9. The van der Waals surface area contributed by atoms with Crippen molar-refractivity contribution in [3.63, 3.8) is 0 Å². The number of aryl methyl sites for hydroxylation is 1. The Hall–Kier alpha value is -2.48. The molecule has 2 rings (SSSR count). The molecule has 0 bridgehead atoms. The second-order valence-electron chi connectivity index (χ2n) is 5.07. The highest BCUT2D eigenvalue weighted by molar-refractivity contribution is 8.00. The Morgan fingerprint density at radius 3 is 2.40 bits per heavy atom. The number of ether oxygens (including phenoxy) is 1. The number of nitrogens with one attached hydrogen (secondary N) is 1. The molecule has 0 fully saturated rings. The number of carbonyl (C=O) groups excluding carboxylic acids is 2. The molecule has 0 saturated heterocycles. The van der Waals surface area contributed by atoms with Crippen LogP contribution in [0.1, 0.15) is 15.9 Å². The number of alkyl halides is 3. The summed E-state index contributed by atoms with van der Waals surface area (Å²) < 4.78 is 41.6. The van der Waals surface area contributed by atoms with Crippen LogP contribution in [0.5, 0.6) is 0 Å². The standard InChI is InChI=1S/C17H14F3NO3S/c1-11-3-2-4-13(9-11)21-15(22)10-24-16(23)12-5-7-14(8-6-12)25-17(18,19)20/h2-9H,10H2,1H3,(H,21,22). The molecule has 0 aliphatic rings. The van der Waals surface area contributed by atoms with Crippen LogP contribution in [-0.2, 0) is 9.53 Å². The molecule has 0 aliphatic carbocycles. The van der Waals surface area contributed by atoms with Crippen molar-refractivity contribution in [1.29, 1.82) is 0 Å². The molecule has 0 aliphatic heterocycles. The molecule has 0 radical (unpaired) electrons. The van der Waals surface area contributed by atoms with Crippen LogP contribution in [0, 0.1) is 6.92 Å². The van der Waals surface area contributed by atoms with Crippen LogP contribution < -0.4 is 5.32 Å². The van der Waals surface area contributed by atoms with Gasteiger partial charge in [0.1, 0.15) is 0 Å². The predicted octanol–water partition coefficient (Wildman–Crippen LogP) is 4.40. The van der Waals surface area contributed by atoms with Crippen LogP contribution in [0.15, 0.2) is 53.4 Å². The lowest BCUT2D eigenvalue weighted by atomic mass is 10.2. The normalized spacial score (nSPS) is 11.0. The molecule has 0 spiro atoms. The summed E-state index contributed by atoms with van der Waals surface area (Å²) in [6.45, 7) is 1.38. The van der Waals surface area contributed by atoms with E-state index >= 15 is 0 Å². The summed E-state index contributed by atoms with van der Waals surface area (Å²) in [5, 5.41) is 2.58. The zero-order valence-electron chi connectivity index (χ0n) is 13.1. The molecule has 0 saturated carbocycles. The summed E-state index contributed by atoms with van der Waals surface area (Å²) >= 11 is -0.274. The van der Waals surface area contributed by atoms with E-state index in [0.29, 0.717) is 5.69 Å². The Balaban J connectivity index is 1.86. The van der Waals surface area contributed by atoms with Crippen molar-refractivity contribution in [3.05, 3.63) is 59.7 Å². The zero-order chi connectivity index (χ0) is 18.4. The molecule has 1 N–H and O–H groups in total. The third-order valence-electron chi connectivity index (χ3n) is 2.96. The van der Waals surface area contributed by atoms with Gasteiger partial charge in [0.15, 0.2) is 6.61 Å². The van der Waals surface area contributed by atoms with Gasteiger partial charge in [-0.05, 0) is 60.6 Å². The first-order chi connectivity index (χ1) is 11.7. The van der Waals surface area contributed by atoms with E-state index in [1.807, 2.05) is 13.0 Å². The Kier molecular flexibility index (Phi) is 6.08. The molecule has 1 amide bonds. The van der Waals surface area contributed by atoms with Crippen molar-refractivity contribution in [2.24, 2.45) is 0 Å². The molecule has 25 heavy (non-hydrogen) atoms. The minimum atomic E-state index is -4.39. The number of hydrogen-bond acceptors (Lipinski definition) is 4. The molecule has 0 heterocycles. The third-order valence-corrected chi connectivity index (χ3v) is 3.70. The molecule has 2 aromatic rings. The van der Waals surface area contributed by atoms with E-state index in [-0.39, 0.29) is 22.2 Å². The van der Waals surface area contributed by atoms with Crippen molar-refractivity contribution in [1.82, 2.24) is 0 Å². The highest BCUT2D eigenvalue weighted by atomic mass is 32.2. The molecule has 0 atom stereocenters. The van der Waals surface area contributed by atoms with Crippen LogP contribution in [-0.4, -0.2) is 24.0 Å². The van der Waals surface area contributed by atoms with Gasteiger partial charge in [0.2, 0.25) is 0 Å². The minimum Gasteiger partial charge on any atom is -0.452 e. The van der Waals surface area contributed by atoms with Crippen LogP contribution in [0.3, 0.4) is 0 Å². The first-order valence-corrected chi connectivity index (χ1v) is 7.94. The van der Waals surface area contributed by atoms with E-state index in [9.17, 15) is 22.8 Å². The first kappa shape index (κ1) is 18.9. The van der Waals surface area contributed by atoms with Crippen molar-refractivity contribution < 1.29 is 27.5 Å². The number of thioether (sulfide) groups is 1. The highest BCUT2D eigenvalue weighted by Gasteiger charge is 2.29. The molecule has 8 heteroatoms. The fourth-order valence-electron chi connectivity index (χ4n) is 1.93. The van der Waals surface area contributed by atoms with Crippen molar-refractivity contribution in [2.45, 2.75) is 17.3 Å². The zero-order valence-corrected chi connectivity index (χ0v) is 13.9. The number of esters is 1. The number of carbonyl (C=O) groups is 2. The van der Waals surface area contributed by atoms with Crippen molar-refractivity contribution in [3.8, 4) is 0 Å². The van der Waals surface area contributed by atoms with Gasteiger partial charge in [0, 0.05) is 10.6 Å². The molecule has 132 valence electrons. The first-order valence-electron chi connectivity index (χ1n) is 7.12. The maximum Gasteiger partial charge on any atom is 0.446 e. The number of halogens is 3. The number of amides is 1. The van der Waals surface area contributed by atoms with Crippen molar-refractivity contribution in [2.75, 3.05) is 11.9 Å². The van der Waals surface area contributed by atoms with Crippen LogP contribution >= 0.6 is 11.8 Å². The summed E-state index contributed by atoms with van der Waals surface area (Å²) in [4.78, 5) is 23.5. The lowest BCUT2D eigenvalue weighted by Gasteiger charge is -2.08. The molecular formula is C17H14F3NO3S. The lowest BCUT2D eigenvalue weighted by Crippen LogP contribution is -2.20. The second-order valence-corrected chi connectivity index (χ2v) is 6.20. The Bertz CT molecular complexity index is 760. The summed E-state index contributed by atoms with van der Waals surface area (Å²) in [7, 11) is 0. The van der Waals surface area contributed by atoms with E-state index in [2.05, 4.69) is 5.32 Å². The van der Waals surface area contributed by atoms with Crippen LogP contribution in [0.2, 0.25) is 0 Å². The highest BCUT2D eigenvalue weighted by Crippen LogP contribution is 2.36. The van der Waals surface area contributed by atoms with E-state index in [1.54, 1.807) is 18.2 Å². The minimum absolute atomic E-state index is 0.0405. The van der Waals surface area contributed by atoms with Gasteiger partial charge in [-0.1, -0.05) is 12.1 Å². The Morgan fingerprint density at radius 1 is 1.12 bits per heavy atom. The van der Waals surface area contributed by atoms with E-state index in [4.69, 9.17) is 4.74 Å². The van der Waals surface area contributed by atoms with Crippen LogP contribution in [0.4, 0.5) is 18.9 Å². The SMILES string of the molecule is Cc1cccc(NC(=O)COC(=O)c2ccc(SC(F)(F)F)cc2)c1. The van der Waals surface area contributed by atoms with Gasteiger partial charge in [-0.25, -0.2) is 4.79 Å². The van der Waals surface area contributed by atoms with E-state index < -0.39 is 24.0 Å². The maximum absolute atomic E-state index is 12.2. The number of hydrogen-bond donors (Lipinski definition) is 1. The fraction of sp³-hybridized carbons (Fsp3) is 0.176. The van der Waals surface area contributed by atoms with Crippen molar-refractivity contribution >= 4 is 29.3 Å². The van der Waals surface area contributed by atoms with Gasteiger partial charge in [-0.15, -0.1) is 0 Å². The van der Waals surface area contributed by atoms with Crippen LogP contribution in [0.25, 0.3) is 0 Å². The summed E-state index contributed by atoms with van der Waals surface area (Å²) in [5.41, 5.74) is -2.79. The Labute approximate surface area is 146 Å². The average Bonchev–Trinajstić information content (AvgIpc) is 2.52. The molecule has 0 aromatic heterocycles.